The van der Waals surface area contributed by atoms with Gasteiger partial charge >= 0.3 is 0 Å². The molecule has 96 valence electrons. The maximum absolute atomic E-state index is 9.81. The second kappa shape index (κ2) is 6.03. The van der Waals surface area contributed by atoms with Crippen LogP contribution in [0.4, 0.5) is 5.69 Å². The van der Waals surface area contributed by atoms with Crippen LogP contribution in [0, 0.1) is 6.92 Å². The number of aryl methyl sites for hydroxylation is 1. The van der Waals surface area contributed by atoms with Crippen molar-refractivity contribution in [1.29, 1.82) is 0 Å². The summed E-state index contributed by atoms with van der Waals surface area (Å²) in [6, 6.07) is 8.43. The maximum Gasteiger partial charge on any atom is 0.0742 e. The molecule has 3 nitrogen and oxygen atoms in total. The van der Waals surface area contributed by atoms with E-state index in [0.29, 0.717) is 6.54 Å². The van der Waals surface area contributed by atoms with E-state index < -0.39 is 5.60 Å². The lowest BCUT2D eigenvalue weighted by molar-refractivity contribution is 0.0585. The molecule has 0 saturated heterocycles. The lowest BCUT2D eigenvalue weighted by atomic mass is 10.0. The Balaban J connectivity index is 2.42. The van der Waals surface area contributed by atoms with E-state index in [-0.39, 0.29) is 0 Å². The first-order valence-corrected chi connectivity index (χ1v) is 6.15. The van der Waals surface area contributed by atoms with Gasteiger partial charge in [-0.25, -0.2) is 0 Å². The van der Waals surface area contributed by atoms with Crippen LogP contribution in [0.2, 0.25) is 0 Å². The van der Waals surface area contributed by atoms with Crippen molar-refractivity contribution in [3.63, 3.8) is 0 Å². The molecule has 0 aliphatic heterocycles. The van der Waals surface area contributed by atoms with Crippen molar-refractivity contribution < 1.29 is 5.11 Å². The maximum atomic E-state index is 9.81. The number of hydrogen-bond acceptors (Lipinski definition) is 3. The molecular weight excluding hydrogens is 212 g/mol. The Kier molecular flexibility index (Phi) is 4.97. The summed E-state index contributed by atoms with van der Waals surface area (Å²) in [4.78, 5) is 2.21. The zero-order valence-electron chi connectivity index (χ0n) is 11.1. The Morgan fingerprint density at radius 3 is 2.71 bits per heavy atom. The van der Waals surface area contributed by atoms with Crippen molar-refractivity contribution in [3.05, 3.63) is 29.8 Å². The first kappa shape index (κ1) is 14.0. The van der Waals surface area contributed by atoms with Crippen LogP contribution in [0.5, 0.6) is 0 Å². The van der Waals surface area contributed by atoms with Crippen LogP contribution in [0.25, 0.3) is 0 Å². The van der Waals surface area contributed by atoms with Crippen LogP contribution in [0.1, 0.15) is 25.3 Å². The van der Waals surface area contributed by atoms with Crippen molar-refractivity contribution in [2.45, 2.75) is 32.3 Å². The number of anilines is 1. The van der Waals surface area contributed by atoms with Crippen molar-refractivity contribution in [3.8, 4) is 0 Å². The topological polar surface area (TPSA) is 49.5 Å². The van der Waals surface area contributed by atoms with Gasteiger partial charge in [0.15, 0.2) is 0 Å². The minimum absolute atomic E-state index is 0.321. The third kappa shape index (κ3) is 4.75. The van der Waals surface area contributed by atoms with Gasteiger partial charge in [-0.1, -0.05) is 12.1 Å². The van der Waals surface area contributed by atoms with E-state index in [1.54, 1.807) is 6.92 Å². The van der Waals surface area contributed by atoms with E-state index in [2.05, 4.69) is 43.1 Å². The number of nitrogens with zero attached hydrogens (tertiary/aromatic N) is 1. The monoisotopic (exact) mass is 236 g/mol. The summed E-state index contributed by atoms with van der Waals surface area (Å²) in [7, 11) is 2.08. The molecule has 3 heteroatoms. The summed E-state index contributed by atoms with van der Waals surface area (Å²) in [5, 5.41) is 9.81. The van der Waals surface area contributed by atoms with Gasteiger partial charge in [0.2, 0.25) is 0 Å². The van der Waals surface area contributed by atoms with Gasteiger partial charge in [0.05, 0.1) is 5.60 Å². The molecule has 1 aromatic carbocycles. The van der Waals surface area contributed by atoms with Gasteiger partial charge in [0, 0.05) is 25.8 Å². The second-order valence-corrected chi connectivity index (χ2v) is 5.07. The Bertz CT molecular complexity index is 350. The first-order chi connectivity index (χ1) is 7.94. The van der Waals surface area contributed by atoms with Crippen LogP contribution < -0.4 is 10.6 Å². The Morgan fingerprint density at radius 2 is 2.12 bits per heavy atom. The molecule has 0 amide bonds. The number of rotatable bonds is 6. The number of hydrogen-bond donors (Lipinski definition) is 2. The number of nitrogens with two attached hydrogens (primary N) is 1. The smallest absolute Gasteiger partial charge is 0.0742 e. The van der Waals surface area contributed by atoms with E-state index in [4.69, 9.17) is 5.73 Å². The molecule has 1 unspecified atom stereocenters. The highest BCUT2D eigenvalue weighted by Gasteiger charge is 2.17. The van der Waals surface area contributed by atoms with E-state index >= 15 is 0 Å². The summed E-state index contributed by atoms with van der Waals surface area (Å²) in [6.45, 7) is 5.14. The highest BCUT2D eigenvalue weighted by atomic mass is 16.3. The molecule has 0 aliphatic rings. The normalized spacial score (nSPS) is 14.4. The molecule has 0 spiro atoms. The lowest BCUT2D eigenvalue weighted by Gasteiger charge is -2.24. The van der Waals surface area contributed by atoms with E-state index in [1.807, 2.05) is 0 Å². The molecule has 3 N–H and O–H groups in total. The lowest BCUT2D eigenvalue weighted by Crippen LogP contribution is -2.35. The average Bonchev–Trinajstić information content (AvgIpc) is 2.28. The molecule has 0 heterocycles. The zero-order valence-corrected chi connectivity index (χ0v) is 11.1. The fourth-order valence-corrected chi connectivity index (χ4v) is 1.79. The van der Waals surface area contributed by atoms with Gasteiger partial charge in [0.1, 0.15) is 0 Å². The summed E-state index contributed by atoms with van der Waals surface area (Å²) < 4.78 is 0. The van der Waals surface area contributed by atoms with Gasteiger partial charge in [-0.2, -0.15) is 0 Å². The second-order valence-electron chi connectivity index (χ2n) is 5.07. The molecule has 0 fully saturated rings. The molecular formula is C14H24N2O. The summed E-state index contributed by atoms with van der Waals surface area (Å²) >= 11 is 0. The van der Waals surface area contributed by atoms with Gasteiger partial charge < -0.3 is 15.7 Å². The highest BCUT2D eigenvalue weighted by Crippen LogP contribution is 2.16. The largest absolute Gasteiger partial charge is 0.389 e. The van der Waals surface area contributed by atoms with E-state index in [9.17, 15) is 5.11 Å². The third-order valence-electron chi connectivity index (χ3n) is 3.09. The predicted molar refractivity (Wildman–Crippen MR) is 73.4 cm³/mol. The van der Waals surface area contributed by atoms with Crippen molar-refractivity contribution in [1.82, 2.24) is 0 Å². The van der Waals surface area contributed by atoms with Gasteiger partial charge in [-0.15, -0.1) is 0 Å². The van der Waals surface area contributed by atoms with Crippen LogP contribution in [-0.2, 0) is 0 Å². The molecule has 17 heavy (non-hydrogen) atoms. The van der Waals surface area contributed by atoms with E-state index in [0.717, 1.165) is 19.4 Å². The van der Waals surface area contributed by atoms with Crippen molar-refractivity contribution in [2.24, 2.45) is 5.73 Å². The predicted octanol–water partition coefficient (Wildman–Crippen LogP) is 1.92. The fourth-order valence-electron chi connectivity index (χ4n) is 1.79. The van der Waals surface area contributed by atoms with Crippen LogP contribution >= 0.6 is 0 Å². The number of benzene rings is 1. The molecule has 0 aromatic heterocycles. The van der Waals surface area contributed by atoms with Crippen LogP contribution in [-0.4, -0.2) is 30.8 Å². The molecule has 1 aromatic rings. The quantitative estimate of drug-likeness (QED) is 0.793. The molecule has 0 aliphatic carbocycles. The zero-order chi connectivity index (χ0) is 12.9. The standard InChI is InChI=1S/C14H24N2O/c1-12-6-4-7-13(10-12)16(3)9-5-8-14(2,17)11-15/h4,6-7,10,17H,5,8-9,11,15H2,1-3H3. The van der Waals surface area contributed by atoms with Gasteiger partial charge in [-0.05, 0) is 44.4 Å². The molecule has 0 radical (unpaired) electrons. The Morgan fingerprint density at radius 1 is 1.41 bits per heavy atom. The van der Waals surface area contributed by atoms with Gasteiger partial charge in [-0.3, -0.25) is 0 Å². The van der Waals surface area contributed by atoms with Crippen LogP contribution in [0.3, 0.4) is 0 Å². The van der Waals surface area contributed by atoms with Gasteiger partial charge in [0.25, 0.3) is 0 Å². The van der Waals surface area contributed by atoms with Crippen molar-refractivity contribution >= 4 is 5.69 Å². The molecule has 0 bridgehead atoms. The molecule has 1 rings (SSSR count). The fraction of sp³-hybridized carbons (Fsp3) is 0.571. The SMILES string of the molecule is Cc1cccc(N(C)CCCC(C)(O)CN)c1. The summed E-state index contributed by atoms with van der Waals surface area (Å²) in [5.74, 6) is 0. The summed E-state index contributed by atoms with van der Waals surface area (Å²) in [5.41, 5.74) is 7.25. The molecule has 1 atom stereocenters. The third-order valence-corrected chi connectivity index (χ3v) is 3.09. The van der Waals surface area contributed by atoms with E-state index in [1.165, 1.54) is 11.3 Å². The summed E-state index contributed by atoms with van der Waals surface area (Å²) in [6.07, 6.45) is 1.67. The molecule has 0 saturated carbocycles. The van der Waals surface area contributed by atoms with Crippen molar-refractivity contribution in [2.75, 3.05) is 25.0 Å². The highest BCUT2D eigenvalue weighted by molar-refractivity contribution is 5.47. The minimum Gasteiger partial charge on any atom is -0.389 e. The Labute approximate surface area is 104 Å². The first-order valence-electron chi connectivity index (χ1n) is 6.15. The number of aliphatic hydroxyl groups is 1. The Hall–Kier alpha value is -1.06. The average molecular weight is 236 g/mol. The van der Waals surface area contributed by atoms with Crippen LogP contribution in [0.15, 0.2) is 24.3 Å². The minimum atomic E-state index is -0.729.